The highest BCUT2D eigenvalue weighted by Crippen LogP contribution is 2.38. The summed E-state index contributed by atoms with van der Waals surface area (Å²) in [5.74, 6) is 0.0485. The number of alkyl halides is 1. The molecule has 2 aliphatic rings. The number of hydrogen-bond donors (Lipinski definition) is 1. The summed E-state index contributed by atoms with van der Waals surface area (Å²) in [4.78, 5) is 13.4. The third kappa shape index (κ3) is 6.67. The van der Waals surface area contributed by atoms with Gasteiger partial charge in [-0.1, -0.05) is 46.3 Å². The van der Waals surface area contributed by atoms with E-state index in [9.17, 15) is 9.18 Å². The van der Waals surface area contributed by atoms with Crippen molar-refractivity contribution in [3.63, 3.8) is 0 Å². The van der Waals surface area contributed by atoms with Gasteiger partial charge in [-0.2, -0.15) is 0 Å². The van der Waals surface area contributed by atoms with Gasteiger partial charge in [0.15, 0.2) is 0 Å². The molecule has 0 saturated carbocycles. The third-order valence-electron chi connectivity index (χ3n) is 6.19. The van der Waals surface area contributed by atoms with E-state index < -0.39 is 5.97 Å². The maximum absolute atomic E-state index is 12.4. The van der Waals surface area contributed by atoms with E-state index in [2.05, 4.69) is 39.0 Å². The minimum Gasteiger partial charge on any atom is -0.489 e. The highest BCUT2D eigenvalue weighted by Gasteiger charge is 2.24. The molecule has 1 atom stereocenters. The molecule has 0 amide bonds. The number of rotatable bonds is 8. The molecular formula is C26H30Br2FNO3. The number of fused-ring (bicyclic) bond motifs is 1. The largest absolute Gasteiger partial charge is 0.489 e. The first-order valence-electron chi connectivity index (χ1n) is 11.3. The molecule has 1 aliphatic carbocycles. The average molecular weight is 583 g/mol. The van der Waals surface area contributed by atoms with Gasteiger partial charge in [-0.05, 0) is 72.1 Å². The highest BCUT2D eigenvalue weighted by molar-refractivity contribution is 9.11. The first-order valence-corrected chi connectivity index (χ1v) is 12.1. The maximum atomic E-state index is 12.4. The molecule has 1 aliphatic heterocycles. The number of aryl methyl sites for hydroxylation is 1. The molecule has 33 heavy (non-hydrogen) atoms. The van der Waals surface area contributed by atoms with Crippen LogP contribution in [0, 0.1) is 0 Å². The van der Waals surface area contributed by atoms with Crippen LogP contribution in [0.2, 0.25) is 0 Å². The molecule has 0 spiro atoms. The number of carboxylic acid groups (broad SMARTS) is 1. The fourth-order valence-corrected chi connectivity index (χ4v) is 5.39. The van der Waals surface area contributed by atoms with Gasteiger partial charge < -0.3 is 9.84 Å². The average Bonchev–Trinajstić information content (AvgIpc) is 3.14. The second-order valence-electron chi connectivity index (χ2n) is 8.59. The van der Waals surface area contributed by atoms with Crippen molar-refractivity contribution in [2.24, 2.45) is 0 Å². The molecule has 1 saturated heterocycles. The van der Waals surface area contributed by atoms with Crippen molar-refractivity contribution in [2.45, 2.75) is 44.6 Å². The Labute approximate surface area is 213 Å². The lowest BCUT2D eigenvalue weighted by atomic mass is 9.92. The molecule has 0 unspecified atom stereocenters. The van der Waals surface area contributed by atoms with Gasteiger partial charge in [0.25, 0.3) is 0 Å². The third-order valence-corrected chi connectivity index (χ3v) is 6.98. The second kappa shape index (κ2) is 12.1. The van der Waals surface area contributed by atoms with Gasteiger partial charge in [0.2, 0.25) is 0 Å². The van der Waals surface area contributed by atoms with E-state index in [4.69, 9.17) is 9.84 Å². The number of ether oxygens (including phenoxy) is 1. The van der Waals surface area contributed by atoms with Crippen molar-refractivity contribution in [3.8, 4) is 5.75 Å². The fourth-order valence-electron chi connectivity index (χ4n) is 4.67. The van der Waals surface area contributed by atoms with Crippen LogP contribution < -0.4 is 4.74 Å². The summed E-state index contributed by atoms with van der Waals surface area (Å²) in [7, 11) is 0. The zero-order valence-electron chi connectivity index (χ0n) is 18.6. The van der Waals surface area contributed by atoms with E-state index in [-0.39, 0.29) is 36.2 Å². The summed E-state index contributed by atoms with van der Waals surface area (Å²) in [5, 5.41) is 9.13. The van der Waals surface area contributed by atoms with Crippen LogP contribution in [-0.2, 0) is 17.6 Å². The number of carbonyl (C=O) groups is 1. The summed E-state index contributed by atoms with van der Waals surface area (Å²) in [6.45, 7) is 2.34. The molecule has 1 N–H and O–H groups in total. The molecule has 178 valence electrons. The van der Waals surface area contributed by atoms with Crippen LogP contribution in [0.1, 0.15) is 47.9 Å². The maximum Gasteiger partial charge on any atom is 0.307 e. The Balaban J connectivity index is 0.00000306. The molecule has 4 rings (SSSR count). The number of hydrogen-bond acceptors (Lipinski definition) is 3. The van der Waals surface area contributed by atoms with Crippen LogP contribution in [0.5, 0.6) is 5.75 Å². The Morgan fingerprint density at radius 3 is 2.70 bits per heavy atom. The Bertz CT molecular complexity index is 994. The zero-order chi connectivity index (χ0) is 22.5. The number of likely N-dealkylation sites (tertiary alicyclic amines) is 1. The lowest BCUT2D eigenvalue weighted by Crippen LogP contribution is -2.26. The van der Waals surface area contributed by atoms with Gasteiger partial charge in [0.05, 0.1) is 13.1 Å². The van der Waals surface area contributed by atoms with Crippen molar-refractivity contribution >= 4 is 44.5 Å². The molecule has 4 nitrogen and oxygen atoms in total. The van der Waals surface area contributed by atoms with Crippen LogP contribution in [-0.4, -0.2) is 48.4 Å². The van der Waals surface area contributed by atoms with E-state index in [0.717, 1.165) is 67.8 Å². The van der Waals surface area contributed by atoms with Gasteiger partial charge in [-0.15, -0.1) is 17.0 Å². The number of halogens is 3. The quantitative estimate of drug-likeness (QED) is 0.403. The number of benzene rings is 2. The number of nitrogens with zero attached hydrogens (tertiary/aromatic N) is 1. The lowest BCUT2D eigenvalue weighted by molar-refractivity contribution is -0.136. The van der Waals surface area contributed by atoms with Gasteiger partial charge in [-0.25, -0.2) is 0 Å². The fraction of sp³-hybridized carbons (Fsp3) is 0.423. The minimum atomic E-state index is -0.807. The molecule has 1 fully saturated rings. The van der Waals surface area contributed by atoms with Gasteiger partial charge >= 0.3 is 5.97 Å². The molecule has 1 heterocycles. The Kier molecular flexibility index (Phi) is 9.53. The molecule has 2 aromatic rings. The van der Waals surface area contributed by atoms with Crippen LogP contribution >= 0.6 is 32.9 Å². The zero-order valence-corrected chi connectivity index (χ0v) is 21.9. The molecule has 0 radical (unpaired) electrons. The number of aliphatic carboxylic acids is 1. The second-order valence-corrected chi connectivity index (χ2v) is 9.55. The minimum absolute atomic E-state index is 0. The molecule has 2 aromatic carbocycles. The summed E-state index contributed by atoms with van der Waals surface area (Å²) in [5.41, 5.74) is 5.50. The van der Waals surface area contributed by atoms with Crippen LogP contribution in [0.15, 0.2) is 46.9 Å². The van der Waals surface area contributed by atoms with Crippen LogP contribution in [0.25, 0.3) is 5.57 Å². The summed E-state index contributed by atoms with van der Waals surface area (Å²) in [6.07, 6.45) is 4.66. The molecule has 0 aromatic heterocycles. The van der Waals surface area contributed by atoms with E-state index in [1.165, 1.54) is 15.6 Å². The van der Waals surface area contributed by atoms with Gasteiger partial charge in [0, 0.05) is 24.1 Å². The van der Waals surface area contributed by atoms with E-state index in [1.54, 1.807) is 0 Å². The van der Waals surface area contributed by atoms with Crippen LogP contribution in [0.3, 0.4) is 0 Å². The number of allylic oxidation sites excluding steroid dienone is 1. The normalized spacial score (nSPS) is 18.4. The summed E-state index contributed by atoms with van der Waals surface area (Å²) in [6, 6.07) is 14.3. The lowest BCUT2D eigenvalue weighted by Gasteiger charge is -2.17. The highest BCUT2D eigenvalue weighted by atomic mass is 79.9. The monoisotopic (exact) mass is 581 g/mol. The standard InChI is InChI=1S/C26H29BrFNO3.BrH/c27-24-4-1-3-20-15-18(16-25(30)31)5-10-23(20)26(24)19-6-8-21(9-7-19)32-22-11-14-29(17-22)13-2-12-28;/h5-10,15,22H,1-4,11-14,16-17H2,(H,30,31);1H/t22-;/m0./s1. The Morgan fingerprint density at radius 2 is 1.97 bits per heavy atom. The van der Waals surface area contributed by atoms with Crippen molar-refractivity contribution in [1.82, 2.24) is 4.90 Å². The first kappa shape index (κ1) is 25.9. The van der Waals surface area contributed by atoms with Gasteiger partial charge in [-0.3, -0.25) is 14.1 Å². The van der Waals surface area contributed by atoms with Crippen molar-refractivity contribution in [1.29, 1.82) is 0 Å². The topological polar surface area (TPSA) is 49.8 Å². The van der Waals surface area contributed by atoms with E-state index in [0.29, 0.717) is 6.42 Å². The summed E-state index contributed by atoms with van der Waals surface area (Å²) < 4.78 is 19.8. The first-order chi connectivity index (χ1) is 15.5. The summed E-state index contributed by atoms with van der Waals surface area (Å²) >= 11 is 3.81. The van der Waals surface area contributed by atoms with E-state index in [1.807, 2.05) is 24.3 Å². The van der Waals surface area contributed by atoms with Crippen molar-refractivity contribution in [2.75, 3.05) is 26.3 Å². The predicted molar refractivity (Wildman–Crippen MR) is 138 cm³/mol. The van der Waals surface area contributed by atoms with Crippen molar-refractivity contribution < 1.29 is 19.0 Å². The van der Waals surface area contributed by atoms with Crippen LogP contribution in [0.4, 0.5) is 4.39 Å². The Morgan fingerprint density at radius 1 is 1.18 bits per heavy atom. The van der Waals surface area contributed by atoms with E-state index >= 15 is 0 Å². The smallest absolute Gasteiger partial charge is 0.307 e. The molecule has 7 heteroatoms. The molecular weight excluding hydrogens is 553 g/mol. The molecule has 0 bridgehead atoms. The SMILES string of the molecule is Br.O=C(O)Cc1ccc2c(c1)CCCC(Br)=C2c1ccc(O[C@H]2CCN(CCCF)C2)cc1. The van der Waals surface area contributed by atoms with Crippen molar-refractivity contribution in [3.05, 3.63) is 69.2 Å². The Hall–Kier alpha value is -1.70. The predicted octanol–water partition coefficient (Wildman–Crippen LogP) is 6.19. The van der Waals surface area contributed by atoms with Gasteiger partial charge in [0.1, 0.15) is 11.9 Å². The number of carboxylic acids is 1.